The van der Waals surface area contributed by atoms with Crippen molar-refractivity contribution in [2.75, 3.05) is 7.11 Å². The Balaban J connectivity index is 2.02. The zero-order valence-corrected chi connectivity index (χ0v) is 10.3. The Labute approximate surface area is 106 Å². The number of methoxy groups -OCH3 is 1. The van der Waals surface area contributed by atoms with E-state index in [4.69, 9.17) is 15.2 Å². The summed E-state index contributed by atoms with van der Waals surface area (Å²) < 4.78 is 10.8. The highest BCUT2D eigenvalue weighted by molar-refractivity contribution is 5.31. The number of hydrogen-bond donors (Lipinski definition) is 1. The first-order chi connectivity index (χ1) is 8.83. The van der Waals surface area contributed by atoms with Crippen LogP contribution in [0.5, 0.6) is 11.5 Å². The smallest absolute Gasteiger partial charge is 0.142 e. The molecule has 0 radical (unpaired) electrons. The summed E-state index contributed by atoms with van der Waals surface area (Å²) in [6.07, 6.45) is 3.40. The SMILES string of the molecule is COc1ccc(COc2cnccc2CN)cc1. The number of nitrogens with two attached hydrogens (primary N) is 1. The van der Waals surface area contributed by atoms with E-state index in [0.29, 0.717) is 13.2 Å². The molecule has 0 aliphatic carbocycles. The standard InChI is InChI=1S/C14H16N2O2/c1-17-13-4-2-11(3-5-13)10-18-14-9-16-7-6-12(14)8-15/h2-7,9H,8,10,15H2,1H3. The van der Waals surface area contributed by atoms with Crippen molar-refractivity contribution >= 4 is 0 Å². The van der Waals surface area contributed by atoms with Gasteiger partial charge in [-0.25, -0.2) is 0 Å². The average molecular weight is 244 g/mol. The van der Waals surface area contributed by atoms with Crippen LogP contribution in [0.15, 0.2) is 42.7 Å². The van der Waals surface area contributed by atoms with Crippen molar-refractivity contribution in [3.05, 3.63) is 53.9 Å². The van der Waals surface area contributed by atoms with Gasteiger partial charge >= 0.3 is 0 Å². The summed E-state index contributed by atoms with van der Waals surface area (Å²) in [6, 6.07) is 9.62. The van der Waals surface area contributed by atoms with Crippen LogP contribution < -0.4 is 15.2 Å². The second-order valence-electron chi connectivity index (χ2n) is 3.82. The Morgan fingerprint density at radius 1 is 1.17 bits per heavy atom. The first kappa shape index (κ1) is 12.4. The minimum atomic E-state index is 0.445. The number of ether oxygens (including phenoxy) is 2. The summed E-state index contributed by atoms with van der Waals surface area (Å²) in [5.74, 6) is 1.57. The van der Waals surface area contributed by atoms with E-state index < -0.39 is 0 Å². The zero-order valence-electron chi connectivity index (χ0n) is 10.3. The minimum absolute atomic E-state index is 0.445. The molecule has 4 heteroatoms. The Bertz CT molecular complexity index is 497. The number of nitrogens with zero attached hydrogens (tertiary/aromatic N) is 1. The summed E-state index contributed by atoms with van der Waals surface area (Å²) in [5, 5.41) is 0. The van der Waals surface area contributed by atoms with Crippen molar-refractivity contribution in [2.45, 2.75) is 13.2 Å². The van der Waals surface area contributed by atoms with Gasteiger partial charge in [-0.15, -0.1) is 0 Å². The fraction of sp³-hybridized carbons (Fsp3) is 0.214. The number of hydrogen-bond acceptors (Lipinski definition) is 4. The van der Waals surface area contributed by atoms with Gasteiger partial charge in [-0.2, -0.15) is 0 Å². The van der Waals surface area contributed by atoms with Crippen LogP contribution in [-0.4, -0.2) is 12.1 Å². The molecule has 0 aliphatic rings. The quantitative estimate of drug-likeness (QED) is 0.875. The van der Waals surface area contributed by atoms with E-state index in [9.17, 15) is 0 Å². The van der Waals surface area contributed by atoms with E-state index in [1.807, 2.05) is 30.3 Å². The van der Waals surface area contributed by atoms with Crippen LogP contribution in [0.2, 0.25) is 0 Å². The molecule has 0 saturated heterocycles. The second-order valence-corrected chi connectivity index (χ2v) is 3.82. The molecule has 0 fully saturated rings. The Kier molecular flexibility index (Phi) is 4.15. The molecule has 0 bridgehead atoms. The third-order valence-corrected chi connectivity index (χ3v) is 2.64. The van der Waals surface area contributed by atoms with Gasteiger partial charge in [0.05, 0.1) is 13.3 Å². The van der Waals surface area contributed by atoms with Gasteiger partial charge in [0.1, 0.15) is 18.1 Å². The number of benzene rings is 1. The molecule has 0 aliphatic heterocycles. The lowest BCUT2D eigenvalue weighted by molar-refractivity contribution is 0.301. The summed E-state index contributed by atoms with van der Waals surface area (Å²) in [6.45, 7) is 0.934. The number of aromatic nitrogens is 1. The fourth-order valence-corrected chi connectivity index (χ4v) is 1.59. The van der Waals surface area contributed by atoms with E-state index in [0.717, 1.165) is 22.6 Å². The molecule has 2 rings (SSSR count). The topological polar surface area (TPSA) is 57.4 Å². The molecular formula is C14H16N2O2. The molecule has 0 atom stereocenters. The van der Waals surface area contributed by atoms with Gasteiger partial charge in [-0.3, -0.25) is 4.98 Å². The van der Waals surface area contributed by atoms with E-state index in [-0.39, 0.29) is 0 Å². The third-order valence-electron chi connectivity index (χ3n) is 2.64. The summed E-state index contributed by atoms with van der Waals surface area (Å²) in [7, 11) is 1.65. The first-order valence-corrected chi connectivity index (χ1v) is 5.72. The molecule has 1 heterocycles. The van der Waals surface area contributed by atoms with Crippen molar-refractivity contribution in [2.24, 2.45) is 5.73 Å². The van der Waals surface area contributed by atoms with Crippen molar-refractivity contribution in [3.63, 3.8) is 0 Å². The van der Waals surface area contributed by atoms with Gasteiger partial charge in [0.25, 0.3) is 0 Å². The first-order valence-electron chi connectivity index (χ1n) is 5.72. The maximum atomic E-state index is 5.70. The predicted octanol–water partition coefficient (Wildman–Crippen LogP) is 2.13. The van der Waals surface area contributed by atoms with E-state index >= 15 is 0 Å². The molecule has 94 valence electrons. The molecule has 1 aromatic carbocycles. The van der Waals surface area contributed by atoms with Gasteiger partial charge in [0.15, 0.2) is 0 Å². The lowest BCUT2D eigenvalue weighted by atomic mass is 10.2. The zero-order chi connectivity index (χ0) is 12.8. The lowest BCUT2D eigenvalue weighted by Crippen LogP contribution is -2.03. The van der Waals surface area contributed by atoms with Gasteiger partial charge in [-0.05, 0) is 23.8 Å². The summed E-state index contributed by atoms with van der Waals surface area (Å²) in [4.78, 5) is 4.03. The van der Waals surface area contributed by atoms with Crippen LogP contribution >= 0.6 is 0 Å². The van der Waals surface area contributed by atoms with Gasteiger partial charge in [0.2, 0.25) is 0 Å². The van der Waals surface area contributed by atoms with E-state index in [1.165, 1.54) is 0 Å². The second kappa shape index (κ2) is 6.02. The Morgan fingerprint density at radius 2 is 1.94 bits per heavy atom. The van der Waals surface area contributed by atoms with Crippen molar-refractivity contribution in [1.29, 1.82) is 0 Å². The number of rotatable bonds is 5. The molecule has 18 heavy (non-hydrogen) atoms. The van der Waals surface area contributed by atoms with Crippen molar-refractivity contribution in [3.8, 4) is 11.5 Å². The molecule has 0 unspecified atom stereocenters. The largest absolute Gasteiger partial charge is 0.497 e. The molecule has 0 spiro atoms. The van der Waals surface area contributed by atoms with Crippen LogP contribution in [0.1, 0.15) is 11.1 Å². The molecule has 4 nitrogen and oxygen atoms in total. The molecule has 0 saturated carbocycles. The molecule has 0 amide bonds. The summed E-state index contributed by atoms with van der Waals surface area (Å²) >= 11 is 0. The Hall–Kier alpha value is -2.07. The van der Waals surface area contributed by atoms with Crippen LogP contribution in [0.3, 0.4) is 0 Å². The monoisotopic (exact) mass is 244 g/mol. The highest BCUT2D eigenvalue weighted by atomic mass is 16.5. The molecule has 2 N–H and O–H groups in total. The Morgan fingerprint density at radius 3 is 2.61 bits per heavy atom. The maximum absolute atomic E-state index is 5.70. The average Bonchev–Trinajstić information content (AvgIpc) is 2.46. The van der Waals surface area contributed by atoms with Crippen LogP contribution in [0.4, 0.5) is 0 Å². The molecular weight excluding hydrogens is 228 g/mol. The van der Waals surface area contributed by atoms with Crippen molar-refractivity contribution < 1.29 is 9.47 Å². The maximum Gasteiger partial charge on any atom is 0.142 e. The van der Waals surface area contributed by atoms with Gasteiger partial charge in [0, 0.05) is 18.3 Å². The minimum Gasteiger partial charge on any atom is -0.497 e. The van der Waals surface area contributed by atoms with Crippen molar-refractivity contribution in [1.82, 2.24) is 4.98 Å². The number of pyridine rings is 1. The molecule has 1 aromatic heterocycles. The van der Waals surface area contributed by atoms with E-state index in [2.05, 4.69) is 4.98 Å². The highest BCUT2D eigenvalue weighted by Crippen LogP contribution is 2.18. The van der Waals surface area contributed by atoms with Crippen LogP contribution in [0, 0.1) is 0 Å². The highest BCUT2D eigenvalue weighted by Gasteiger charge is 2.02. The lowest BCUT2D eigenvalue weighted by Gasteiger charge is -2.09. The van der Waals surface area contributed by atoms with E-state index in [1.54, 1.807) is 19.5 Å². The van der Waals surface area contributed by atoms with Gasteiger partial charge < -0.3 is 15.2 Å². The third kappa shape index (κ3) is 2.99. The fourth-order valence-electron chi connectivity index (χ4n) is 1.59. The van der Waals surface area contributed by atoms with Crippen LogP contribution in [-0.2, 0) is 13.2 Å². The molecule has 2 aromatic rings. The normalized spacial score (nSPS) is 10.1. The summed E-state index contributed by atoms with van der Waals surface area (Å²) in [5.41, 5.74) is 7.66. The van der Waals surface area contributed by atoms with Gasteiger partial charge in [-0.1, -0.05) is 12.1 Å². The van der Waals surface area contributed by atoms with Crippen LogP contribution in [0.25, 0.3) is 0 Å². The predicted molar refractivity (Wildman–Crippen MR) is 69.5 cm³/mol.